The van der Waals surface area contributed by atoms with E-state index in [1.807, 2.05) is 18.2 Å². The van der Waals surface area contributed by atoms with Crippen LogP contribution >= 0.6 is 0 Å². The quantitative estimate of drug-likeness (QED) is 0.254. The number of aryl methyl sites for hydroxylation is 4. The molecule has 0 bridgehead atoms. The Kier molecular flexibility index (Phi) is 7.95. The third kappa shape index (κ3) is 6.16. The molecule has 35 heavy (non-hydrogen) atoms. The molecule has 0 spiro atoms. The van der Waals surface area contributed by atoms with Crippen LogP contribution in [-0.4, -0.2) is 0 Å². The Morgan fingerprint density at radius 1 is 0.400 bits per heavy atom. The first-order valence-corrected chi connectivity index (χ1v) is 12.3. The van der Waals surface area contributed by atoms with Gasteiger partial charge in [-0.15, -0.1) is 0 Å². The molecule has 174 valence electrons. The van der Waals surface area contributed by atoms with E-state index in [4.69, 9.17) is 0 Å². The van der Waals surface area contributed by atoms with E-state index in [9.17, 15) is 0 Å². The van der Waals surface area contributed by atoms with Gasteiger partial charge in [0.25, 0.3) is 0 Å². The first kappa shape index (κ1) is 24.2. The van der Waals surface area contributed by atoms with Gasteiger partial charge in [-0.3, -0.25) is 0 Å². The first-order valence-electron chi connectivity index (χ1n) is 12.3. The molecule has 0 N–H and O–H groups in total. The van der Waals surface area contributed by atoms with Crippen LogP contribution in [0.4, 0.5) is 0 Å². The maximum atomic E-state index is 2.39. The summed E-state index contributed by atoms with van der Waals surface area (Å²) in [6, 6.07) is 43.2. The molecule has 0 amide bonds. The van der Waals surface area contributed by atoms with Gasteiger partial charge in [-0.1, -0.05) is 121 Å². The predicted octanol–water partition coefficient (Wildman–Crippen LogP) is 9.53. The Labute approximate surface area is 210 Å². The van der Waals surface area contributed by atoms with Crippen LogP contribution in [0, 0.1) is 27.7 Å². The summed E-state index contributed by atoms with van der Waals surface area (Å²) in [6.45, 7) is 8.72. The van der Waals surface area contributed by atoms with Crippen molar-refractivity contribution in [1.29, 1.82) is 0 Å². The van der Waals surface area contributed by atoms with Crippen molar-refractivity contribution in [3.05, 3.63) is 155 Å². The Bertz CT molecular complexity index is 1380. The topological polar surface area (TPSA) is 0 Å². The monoisotopic (exact) mass is 454 g/mol. The second kappa shape index (κ2) is 11.5. The number of benzene rings is 5. The lowest BCUT2D eigenvalue weighted by Crippen LogP contribution is -1.96. The van der Waals surface area contributed by atoms with Crippen molar-refractivity contribution in [2.75, 3.05) is 0 Å². The van der Waals surface area contributed by atoms with Crippen molar-refractivity contribution in [2.24, 2.45) is 0 Å². The number of hydrogen-bond donors (Lipinski definition) is 0. The molecular weight excluding hydrogens is 420 g/mol. The Balaban J connectivity index is 0.000000356. The Morgan fingerprint density at radius 3 is 1.51 bits per heavy atom. The van der Waals surface area contributed by atoms with Crippen LogP contribution in [0.5, 0.6) is 0 Å². The summed E-state index contributed by atoms with van der Waals surface area (Å²) in [5, 5.41) is 0. The van der Waals surface area contributed by atoms with E-state index in [1.54, 1.807) is 0 Å². The highest BCUT2D eigenvalue weighted by Crippen LogP contribution is 2.35. The van der Waals surface area contributed by atoms with Gasteiger partial charge in [0.2, 0.25) is 0 Å². The number of hydrogen-bond acceptors (Lipinski definition) is 0. The van der Waals surface area contributed by atoms with Gasteiger partial charge < -0.3 is 0 Å². The standard InChI is InChI=1S/C28H26.C7H8/c1-20-11-7-9-15-25(20)27-19-28(22(3)17-21(27)2)26-16-10-8-14-24(26)18-23-12-5-4-6-13-23;1-7-5-3-2-4-6-7/h4-17,19H,18H2,1-3H3;2-6H,1H3. The average Bonchev–Trinajstić information content (AvgIpc) is 2.87. The summed E-state index contributed by atoms with van der Waals surface area (Å²) >= 11 is 0. The molecule has 0 unspecified atom stereocenters. The van der Waals surface area contributed by atoms with Crippen LogP contribution in [0.1, 0.15) is 33.4 Å². The molecule has 0 radical (unpaired) electrons. The van der Waals surface area contributed by atoms with Gasteiger partial charge in [-0.05, 0) is 90.3 Å². The normalized spacial score (nSPS) is 10.4. The van der Waals surface area contributed by atoms with Crippen LogP contribution < -0.4 is 0 Å². The lowest BCUT2D eigenvalue weighted by Gasteiger charge is -2.17. The lowest BCUT2D eigenvalue weighted by atomic mass is 9.87. The third-order valence-electron chi connectivity index (χ3n) is 6.49. The first-order chi connectivity index (χ1) is 17.0. The molecule has 0 nitrogen and oxygen atoms in total. The maximum Gasteiger partial charge on any atom is -0.00196 e. The van der Waals surface area contributed by atoms with Crippen LogP contribution in [0.15, 0.2) is 121 Å². The van der Waals surface area contributed by atoms with E-state index < -0.39 is 0 Å². The van der Waals surface area contributed by atoms with E-state index in [-0.39, 0.29) is 0 Å². The van der Waals surface area contributed by atoms with Gasteiger partial charge in [-0.2, -0.15) is 0 Å². The molecule has 5 rings (SSSR count). The molecule has 0 saturated carbocycles. The van der Waals surface area contributed by atoms with Gasteiger partial charge in [0.15, 0.2) is 0 Å². The molecule has 0 aliphatic carbocycles. The number of rotatable bonds is 4. The summed E-state index contributed by atoms with van der Waals surface area (Å²) in [5.74, 6) is 0. The van der Waals surface area contributed by atoms with Crippen LogP contribution in [0.25, 0.3) is 22.3 Å². The molecule has 0 aliphatic rings. The minimum Gasteiger partial charge on any atom is -0.0622 e. The van der Waals surface area contributed by atoms with Crippen molar-refractivity contribution in [3.8, 4) is 22.3 Å². The highest BCUT2D eigenvalue weighted by Gasteiger charge is 2.13. The minimum absolute atomic E-state index is 0.948. The van der Waals surface area contributed by atoms with Crippen molar-refractivity contribution >= 4 is 0 Å². The van der Waals surface area contributed by atoms with Crippen LogP contribution in [-0.2, 0) is 6.42 Å². The highest BCUT2D eigenvalue weighted by atomic mass is 14.2. The molecule has 0 aliphatic heterocycles. The van der Waals surface area contributed by atoms with E-state index in [0.717, 1.165) is 6.42 Å². The molecule has 0 saturated heterocycles. The van der Waals surface area contributed by atoms with E-state index in [2.05, 4.69) is 131 Å². The fraction of sp³-hybridized carbons (Fsp3) is 0.143. The zero-order chi connectivity index (χ0) is 24.6. The molecule has 0 fully saturated rings. The molecule has 0 heteroatoms. The Morgan fingerprint density at radius 2 is 0.914 bits per heavy atom. The van der Waals surface area contributed by atoms with Gasteiger partial charge in [-0.25, -0.2) is 0 Å². The molecule has 0 heterocycles. The SMILES string of the molecule is Cc1ccccc1.Cc1ccccc1-c1cc(-c2ccccc2Cc2ccccc2)c(C)cc1C. The smallest absolute Gasteiger partial charge is 0.00196 e. The van der Waals surface area contributed by atoms with E-state index in [1.165, 1.54) is 55.6 Å². The lowest BCUT2D eigenvalue weighted by molar-refractivity contribution is 1.19. The maximum absolute atomic E-state index is 2.39. The largest absolute Gasteiger partial charge is 0.0622 e. The molecule has 5 aromatic carbocycles. The minimum atomic E-state index is 0.948. The summed E-state index contributed by atoms with van der Waals surface area (Å²) in [5.41, 5.74) is 13.3. The van der Waals surface area contributed by atoms with Gasteiger partial charge >= 0.3 is 0 Å². The van der Waals surface area contributed by atoms with Crippen LogP contribution in [0.3, 0.4) is 0 Å². The van der Waals surface area contributed by atoms with Crippen molar-refractivity contribution in [1.82, 2.24) is 0 Å². The van der Waals surface area contributed by atoms with E-state index >= 15 is 0 Å². The van der Waals surface area contributed by atoms with Crippen molar-refractivity contribution in [2.45, 2.75) is 34.1 Å². The molecule has 5 aromatic rings. The zero-order valence-electron chi connectivity index (χ0n) is 21.3. The second-order valence-electron chi connectivity index (χ2n) is 9.27. The third-order valence-corrected chi connectivity index (χ3v) is 6.49. The van der Waals surface area contributed by atoms with Gasteiger partial charge in [0.05, 0.1) is 0 Å². The van der Waals surface area contributed by atoms with Crippen molar-refractivity contribution in [3.63, 3.8) is 0 Å². The Hall–Kier alpha value is -3.90. The van der Waals surface area contributed by atoms with Crippen molar-refractivity contribution < 1.29 is 0 Å². The van der Waals surface area contributed by atoms with Gasteiger partial charge in [0, 0.05) is 0 Å². The second-order valence-corrected chi connectivity index (χ2v) is 9.27. The summed E-state index contributed by atoms with van der Waals surface area (Å²) < 4.78 is 0. The highest BCUT2D eigenvalue weighted by molar-refractivity contribution is 5.80. The average molecular weight is 455 g/mol. The fourth-order valence-corrected chi connectivity index (χ4v) is 4.60. The summed E-state index contributed by atoms with van der Waals surface area (Å²) in [4.78, 5) is 0. The molecular formula is C35H34. The summed E-state index contributed by atoms with van der Waals surface area (Å²) in [7, 11) is 0. The molecule has 0 aromatic heterocycles. The predicted molar refractivity (Wildman–Crippen MR) is 152 cm³/mol. The van der Waals surface area contributed by atoms with E-state index in [0.29, 0.717) is 0 Å². The fourth-order valence-electron chi connectivity index (χ4n) is 4.60. The molecule has 0 atom stereocenters. The summed E-state index contributed by atoms with van der Waals surface area (Å²) in [6.07, 6.45) is 0.948. The zero-order valence-corrected chi connectivity index (χ0v) is 21.3. The van der Waals surface area contributed by atoms with Crippen LogP contribution in [0.2, 0.25) is 0 Å². The van der Waals surface area contributed by atoms with Gasteiger partial charge in [0.1, 0.15) is 0 Å².